The first-order valence-corrected chi connectivity index (χ1v) is 8.64. The lowest BCUT2D eigenvalue weighted by atomic mass is 10.1. The Balaban J connectivity index is 1.51. The first-order valence-electron chi connectivity index (χ1n) is 6.97. The molecular weight excluding hydrogens is 334 g/mol. The molecule has 2 aromatic rings. The van der Waals surface area contributed by atoms with Gasteiger partial charge in [0.2, 0.25) is 0 Å². The van der Waals surface area contributed by atoms with Gasteiger partial charge in [-0.15, -0.1) is 11.3 Å². The summed E-state index contributed by atoms with van der Waals surface area (Å²) in [6.45, 7) is 4.05. The summed E-state index contributed by atoms with van der Waals surface area (Å²) < 4.78 is 7.08. The number of benzene rings is 1. The highest BCUT2D eigenvalue weighted by atomic mass is 79.9. The maximum absolute atomic E-state index is 5.96. The molecule has 2 nitrogen and oxygen atoms in total. The van der Waals surface area contributed by atoms with E-state index in [4.69, 9.17) is 4.74 Å². The number of nitrogens with one attached hydrogen (secondary N) is 1. The van der Waals surface area contributed by atoms with Crippen LogP contribution in [-0.2, 0) is 19.4 Å². The van der Waals surface area contributed by atoms with Gasteiger partial charge < -0.3 is 10.1 Å². The van der Waals surface area contributed by atoms with Crippen LogP contribution in [0.3, 0.4) is 0 Å². The smallest absolute Gasteiger partial charge is 0.123 e. The van der Waals surface area contributed by atoms with Crippen LogP contribution in [0.1, 0.15) is 22.9 Å². The summed E-state index contributed by atoms with van der Waals surface area (Å²) in [5.74, 6) is 1.03. The highest BCUT2D eigenvalue weighted by molar-refractivity contribution is 9.10. The van der Waals surface area contributed by atoms with Crippen molar-refractivity contribution in [2.24, 2.45) is 0 Å². The number of hydrogen-bond acceptors (Lipinski definition) is 3. The lowest BCUT2D eigenvalue weighted by molar-refractivity contribution is 0.227. The quantitative estimate of drug-likeness (QED) is 0.872. The van der Waals surface area contributed by atoms with Crippen molar-refractivity contribution in [2.45, 2.75) is 32.4 Å². The highest BCUT2D eigenvalue weighted by Crippen LogP contribution is 2.31. The normalized spacial score (nSPS) is 17.0. The van der Waals surface area contributed by atoms with Crippen LogP contribution in [0.5, 0.6) is 5.75 Å². The minimum atomic E-state index is 0.254. The monoisotopic (exact) mass is 351 g/mol. The molecule has 0 fully saturated rings. The molecule has 1 N–H and O–H groups in total. The fraction of sp³-hybridized carbons (Fsp3) is 0.375. The van der Waals surface area contributed by atoms with Crippen LogP contribution in [-0.4, -0.2) is 12.6 Å². The van der Waals surface area contributed by atoms with Crippen molar-refractivity contribution in [1.82, 2.24) is 5.32 Å². The molecule has 1 aliphatic rings. The third-order valence-electron chi connectivity index (χ3n) is 3.64. The number of thiophene rings is 1. The third kappa shape index (κ3) is 3.08. The Hall–Kier alpha value is -0.840. The molecule has 1 atom stereocenters. The van der Waals surface area contributed by atoms with Gasteiger partial charge in [0, 0.05) is 28.9 Å². The summed E-state index contributed by atoms with van der Waals surface area (Å²) in [5, 5.41) is 5.70. The lowest BCUT2D eigenvalue weighted by Gasteiger charge is -2.11. The first-order chi connectivity index (χ1) is 9.76. The highest BCUT2D eigenvalue weighted by Gasteiger charge is 2.22. The van der Waals surface area contributed by atoms with Crippen LogP contribution >= 0.6 is 27.3 Å². The van der Waals surface area contributed by atoms with Crippen LogP contribution in [0.2, 0.25) is 0 Å². The van der Waals surface area contributed by atoms with Gasteiger partial charge in [0.05, 0.1) is 0 Å². The van der Waals surface area contributed by atoms with Gasteiger partial charge in [-0.25, -0.2) is 0 Å². The minimum absolute atomic E-state index is 0.254. The fourth-order valence-electron chi connectivity index (χ4n) is 2.59. The summed E-state index contributed by atoms with van der Waals surface area (Å²) >= 11 is 5.35. The summed E-state index contributed by atoms with van der Waals surface area (Å²) in [6, 6.07) is 8.46. The van der Waals surface area contributed by atoms with E-state index < -0.39 is 0 Å². The standard InChI is InChI=1S/C16H18BrNOS/c1-2-11-5-6-20-16(11)10-18-9-14-8-12-7-13(17)3-4-15(12)19-14/h3-7,14,18H,2,8-10H2,1H3. The Morgan fingerprint density at radius 3 is 3.15 bits per heavy atom. The van der Waals surface area contributed by atoms with E-state index >= 15 is 0 Å². The van der Waals surface area contributed by atoms with E-state index in [2.05, 4.69) is 45.7 Å². The first kappa shape index (κ1) is 14.1. The van der Waals surface area contributed by atoms with Crippen LogP contribution < -0.4 is 10.1 Å². The number of rotatable bonds is 5. The zero-order valence-corrected chi connectivity index (χ0v) is 13.9. The molecule has 3 rings (SSSR count). The molecule has 1 aromatic heterocycles. The van der Waals surface area contributed by atoms with Crippen molar-refractivity contribution in [3.05, 3.63) is 50.1 Å². The van der Waals surface area contributed by atoms with E-state index in [1.807, 2.05) is 23.5 Å². The molecule has 4 heteroatoms. The summed E-state index contributed by atoms with van der Waals surface area (Å²) in [6.07, 6.45) is 2.36. The van der Waals surface area contributed by atoms with Crippen molar-refractivity contribution in [3.63, 3.8) is 0 Å². The molecule has 0 bridgehead atoms. The van der Waals surface area contributed by atoms with Gasteiger partial charge in [-0.05, 0) is 47.2 Å². The molecule has 0 aliphatic carbocycles. The van der Waals surface area contributed by atoms with Gasteiger partial charge in [0.25, 0.3) is 0 Å². The number of aryl methyl sites for hydroxylation is 1. The Bertz CT molecular complexity index is 596. The van der Waals surface area contributed by atoms with E-state index in [0.29, 0.717) is 0 Å². The second-order valence-corrected chi connectivity index (χ2v) is 6.97. The van der Waals surface area contributed by atoms with E-state index in [1.54, 1.807) is 0 Å². The fourth-order valence-corrected chi connectivity index (χ4v) is 3.94. The molecule has 0 radical (unpaired) electrons. The molecule has 1 unspecified atom stereocenters. The third-order valence-corrected chi connectivity index (χ3v) is 5.10. The molecule has 1 aromatic carbocycles. The van der Waals surface area contributed by atoms with Crippen molar-refractivity contribution in [2.75, 3.05) is 6.54 Å². The zero-order valence-electron chi connectivity index (χ0n) is 11.5. The number of hydrogen-bond donors (Lipinski definition) is 1. The van der Waals surface area contributed by atoms with Crippen LogP contribution in [0.15, 0.2) is 34.1 Å². The molecule has 0 saturated heterocycles. The molecule has 0 spiro atoms. The van der Waals surface area contributed by atoms with Crippen molar-refractivity contribution in [1.29, 1.82) is 0 Å². The van der Waals surface area contributed by atoms with Gasteiger partial charge in [0.15, 0.2) is 0 Å². The summed E-state index contributed by atoms with van der Waals surface area (Å²) in [7, 11) is 0. The van der Waals surface area contributed by atoms with Crippen molar-refractivity contribution < 1.29 is 4.74 Å². The largest absolute Gasteiger partial charge is 0.488 e. The number of ether oxygens (including phenoxy) is 1. The average molecular weight is 352 g/mol. The van der Waals surface area contributed by atoms with E-state index in [9.17, 15) is 0 Å². The maximum Gasteiger partial charge on any atom is 0.123 e. The van der Waals surface area contributed by atoms with Gasteiger partial charge >= 0.3 is 0 Å². The molecule has 2 heterocycles. The van der Waals surface area contributed by atoms with Gasteiger partial charge in [0.1, 0.15) is 11.9 Å². The minimum Gasteiger partial charge on any atom is -0.488 e. The Kier molecular flexibility index (Phi) is 4.44. The van der Waals surface area contributed by atoms with Gasteiger partial charge in [-0.2, -0.15) is 0 Å². The van der Waals surface area contributed by atoms with E-state index in [1.165, 1.54) is 16.0 Å². The van der Waals surface area contributed by atoms with Gasteiger partial charge in [-0.1, -0.05) is 22.9 Å². The SMILES string of the molecule is CCc1ccsc1CNCC1Cc2cc(Br)ccc2O1. The second kappa shape index (κ2) is 6.29. The van der Waals surface area contributed by atoms with Crippen LogP contribution in [0.25, 0.3) is 0 Å². The Morgan fingerprint density at radius 2 is 2.30 bits per heavy atom. The predicted molar refractivity (Wildman–Crippen MR) is 87.7 cm³/mol. The van der Waals surface area contributed by atoms with Crippen LogP contribution in [0.4, 0.5) is 0 Å². The van der Waals surface area contributed by atoms with Gasteiger partial charge in [-0.3, -0.25) is 0 Å². The number of fused-ring (bicyclic) bond motifs is 1. The van der Waals surface area contributed by atoms with E-state index in [-0.39, 0.29) is 6.10 Å². The maximum atomic E-state index is 5.96. The lowest BCUT2D eigenvalue weighted by Crippen LogP contribution is -2.29. The molecule has 0 saturated carbocycles. The average Bonchev–Trinajstić information content (AvgIpc) is 3.04. The molecule has 1 aliphatic heterocycles. The Labute approximate surface area is 132 Å². The summed E-state index contributed by atoms with van der Waals surface area (Å²) in [4.78, 5) is 1.45. The van der Waals surface area contributed by atoms with Crippen LogP contribution in [0, 0.1) is 0 Å². The van der Waals surface area contributed by atoms with E-state index in [0.717, 1.165) is 36.2 Å². The molecule has 0 amide bonds. The summed E-state index contributed by atoms with van der Waals surface area (Å²) in [5.41, 5.74) is 2.76. The van der Waals surface area contributed by atoms with Crippen molar-refractivity contribution in [3.8, 4) is 5.75 Å². The Morgan fingerprint density at radius 1 is 1.40 bits per heavy atom. The molecule has 20 heavy (non-hydrogen) atoms. The number of halogens is 1. The van der Waals surface area contributed by atoms with Crippen molar-refractivity contribution >= 4 is 27.3 Å². The predicted octanol–water partition coefficient (Wildman–Crippen LogP) is 4.17. The molecule has 106 valence electrons. The molecular formula is C16H18BrNOS. The zero-order chi connectivity index (χ0) is 13.9. The second-order valence-electron chi connectivity index (χ2n) is 5.05. The topological polar surface area (TPSA) is 21.3 Å².